The van der Waals surface area contributed by atoms with Gasteiger partial charge in [-0.25, -0.2) is 9.97 Å². The number of aromatic hydroxyl groups is 1. The van der Waals surface area contributed by atoms with Crippen molar-refractivity contribution in [2.75, 3.05) is 13.1 Å². The Labute approximate surface area is 156 Å². The second-order valence-electron chi connectivity index (χ2n) is 6.30. The molecular formula is C17H22N8O2. The number of hydrogen-bond donors (Lipinski definition) is 3. The predicted molar refractivity (Wildman–Crippen MR) is 98.2 cm³/mol. The highest BCUT2D eigenvalue weighted by atomic mass is 16.3. The van der Waals surface area contributed by atoms with Crippen molar-refractivity contribution in [2.45, 2.75) is 26.3 Å². The molecule has 27 heavy (non-hydrogen) atoms. The van der Waals surface area contributed by atoms with E-state index in [0.29, 0.717) is 35.9 Å². The molecule has 0 bridgehead atoms. The molecule has 0 saturated carbocycles. The normalized spacial score (nSPS) is 11.1. The lowest BCUT2D eigenvalue weighted by molar-refractivity contribution is -0.121. The van der Waals surface area contributed by atoms with Gasteiger partial charge in [-0.2, -0.15) is 10.1 Å². The van der Waals surface area contributed by atoms with E-state index in [0.717, 1.165) is 0 Å². The number of aromatic nitrogens is 6. The Kier molecular flexibility index (Phi) is 5.46. The molecule has 0 radical (unpaired) electrons. The number of rotatable bonds is 7. The zero-order chi connectivity index (χ0) is 19.4. The van der Waals surface area contributed by atoms with Crippen LogP contribution in [0.25, 0.3) is 17.2 Å². The van der Waals surface area contributed by atoms with Gasteiger partial charge in [-0.1, -0.05) is 13.8 Å². The average molecular weight is 370 g/mol. The predicted octanol–water partition coefficient (Wildman–Crippen LogP) is 0.430. The number of nitrogens with one attached hydrogen (secondary N) is 1. The monoisotopic (exact) mass is 370 g/mol. The molecule has 3 heterocycles. The van der Waals surface area contributed by atoms with Gasteiger partial charge in [0, 0.05) is 42.8 Å². The number of imidazole rings is 1. The van der Waals surface area contributed by atoms with Crippen LogP contribution >= 0.6 is 0 Å². The van der Waals surface area contributed by atoms with E-state index in [1.54, 1.807) is 35.7 Å². The quantitative estimate of drug-likeness (QED) is 0.548. The first-order valence-electron chi connectivity index (χ1n) is 8.58. The van der Waals surface area contributed by atoms with Crippen molar-refractivity contribution in [2.24, 2.45) is 5.73 Å². The van der Waals surface area contributed by atoms with Crippen molar-refractivity contribution in [1.82, 2.24) is 34.6 Å². The van der Waals surface area contributed by atoms with Crippen LogP contribution in [0.4, 0.5) is 0 Å². The topological polar surface area (TPSA) is 137 Å². The number of amides is 1. The number of nitrogens with zero attached hydrogens (tertiary/aromatic N) is 6. The minimum Gasteiger partial charge on any atom is -0.493 e. The lowest BCUT2D eigenvalue weighted by Gasteiger charge is -2.14. The summed E-state index contributed by atoms with van der Waals surface area (Å²) in [6, 6.07) is 0. The summed E-state index contributed by atoms with van der Waals surface area (Å²) in [6.07, 6.45) is 8.18. The highest BCUT2D eigenvalue weighted by Crippen LogP contribution is 2.33. The van der Waals surface area contributed by atoms with Gasteiger partial charge in [-0.3, -0.25) is 14.0 Å². The van der Waals surface area contributed by atoms with Crippen LogP contribution in [0.5, 0.6) is 5.88 Å². The molecule has 10 nitrogen and oxygen atoms in total. The summed E-state index contributed by atoms with van der Waals surface area (Å²) in [6.45, 7) is 4.76. The second-order valence-corrected chi connectivity index (χ2v) is 6.30. The van der Waals surface area contributed by atoms with Gasteiger partial charge in [-0.05, 0) is 5.92 Å². The van der Waals surface area contributed by atoms with Crippen molar-refractivity contribution < 1.29 is 9.90 Å². The maximum Gasteiger partial charge on any atom is 0.241 e. The Morgan fingerprint density at radius 1 is 1.37 bits per heavy atom. The number of carbonyl (C=O) groups is 1. The van der Waals surface area contributed by atoms with Crippen molar-refractivity contribution in [3.05, 3.63) is 36.7 Å². The molecule has 142 valence electrons. The molecule has 3 aromatic rings. The zero-order valence-electron chi connectivity index (χ0n) is 15.2. The van der Waals surface area contributed by atoms with Crippen molar-refractivity contribution in [3.8, 4) is 23.1 Å². The first-order chi connectivity index (χ1) is 13.0. The molecular weight excluding hydrogens is 348 g/mol. The van der Waals surface area contributed by atoms with Crippen LogP contribution in [0.15, 0.2) is 31.1 Å². The van der Waals surface area contributed by atoms with Crippen molar-refractivity contribution >= 4 is 5.91 Å². The molecule has 0 saturated heterocycles. The Hall–Kier alpha value is -3.27. The second kappa shape index (κ2) is 7.96. The SMILES string of the molecule is CC(C)c1c(O)nc(-n2ccnc2)nc1-c1cnn(CC(=O)NCCN)c1. The van der Waals surface area contributed by atoms with Crippen LogP contribution < -0.4 is 11.1 Å². The Balaban J connectivity index is 1.96. The highest BCUT2D eigenvalue weighted by molar-refractivity contribution is 5.75. The average Bonchev–Trinajstić information content (AvgIpc) is 3.30. The van der Waals surface area contributed by atoms with Gasteiger partial charge in [0.1, 0.15) is 12.9 Å². The van der Waals surface area contributed by atoms with Gasteiger partial charge in [0.25, 0.3) is 0 Å². The Morgan fingerprint density at radius 3 is 2.85 bits per heavy atom. The third-order valence-corrected chi connectivity index (χ3v) is 3.91. The zero-order valence-corrected chi connectivity index (χ0v) is 15.2. The van der Waals surface area contributed by atoms with E-state index in [1.807, 2.05) is 13.8 Å². The number of carbonyl (C=O) groups excluding carboxylic acids is 1. The van der Waals surface area contributed by atoms with E-state index in [9.17, 15) is 9.90 Å². The van der Waals surface area contributed by atoms with Crippen LogP contribution in [-0.4, -0.2) is 53.4 Å². The fourth-order valence-corrected chi connectivity index (χ4v) is 2.68. The van der Waals surface area contributed by atoms with E-state index < -0.39 is 0 Å². The van der Waals surface area contributed by atoms with Crippen LogP contribution in [0.2, 0.25) is 0 Å². The molecule has 0 aliphatic heterocycles. The maximum absolute atomic E-state index is 11.9. The van der Waals surface area contributed by atoms with Gasteiger partial charge in [-0.15, -0.1) is 0 Å². The van der Waals surface area contributed by atoms with Gasteiger partial charge in [0.2, 0.25) is 17.7 Å². The summed E-state index contributed by atoms with van der Waals surface area (Å²) in [5.41, 5.74) is 7.25. The molecule has 0 atom stereocenters. The van der Waals surface area contributed by atoms with E-state index in [1.165, 1.54) is 4.68 Å². The summed E-state index contributed by atoms with van der Waals surface area (Å²) in [7, 11) is 0. The molecule has 1 amide bonds. The Bertz CT molecular complexity index is 917. The van der Waals surface area contributed by atoms with Crippen LogP contribution in [-0.2, 0) is 11.3 Å². The van der Waals surface area contributed by atoms with Gasteiger partial charge in [0.05, 0.1) is 11.9 Å². The standard InChI is InChI=1S/C17H22N8O2/c1-11(2)14-15(22-17(23-16(14)27)24-6-5-19-10-24)12-7-21-25(8-12)9-13(26)20-4-3-18/h5-8,10-11H,3-4,9,18H2,1-2H3,(H,20,26)(H,22,23,27). The lowest BCUT2D eigenvalue weighted by Crippen LogP contribution is -2.31. The van der Waals surface area contributed by atoms with Crippen LogP contribution in [0.3, 0.4) is 0 Å². The number of hydrogen-bond acceptors (Lipinski definition) is 7. The van der Waals surface area contributed by atoms with E-state index >= 15 is 0 Å². The smallest absolute Gasteiger partial charge is 0.241 e. The molecule has 4 N–H and O–H groups in total. The fourth-order valence-electron chi connectivity index (χ4n) is 2.68. The van der Waals surface area contributed by atoms with Crippen LogP contribution in [0, 0.1) is 0 Å². The molecule has 0 aromatic carbocycles. The minimum absolute atomic E-state index is 0.00644. The summed E-state index contributed by atoms with van der Waals surface area (Å²) in [4.78, 5) is 24.6. The molecule has 10 heteroatoms. The highest BCUT2D eigenvalue weighted by Gasteiger charge is 2.20. The molecule has 0 aliphatic rings. The first-order valence-corrected chi connectivity index (χ1v) is 8.58. The summed E-state index contributed by atoms with van der Waals surface area (Å²) in [5.74, 6) is 0.0295. The van der Waals surface area contributed by atoms with Gasteiger partial charge < -0.3 is 16.2 Å². The third-order valence-electron chi connectivity index (χ3n) is 3.91. The van der Waals surface area contributed by atoms with E-state index in [-0.39, 0.29) is 24.2 Å². The van der Waals surface area contributed by atoms with E-state index in [4.69, 9.17) is 5.73 Å². The molecule has 0 aliphatic carbocycles. The molecule has 0 unspecified atom stereocenters. The van der Waals surface area contributed by atoms with Crippen molar-refractivity contribution in [3.63, 3.8) is 0 Å². The minimum atomic E-state index is -0.177. The molecule has 3 aromatic heterocycles. The summed E-state index contributed by atoms with van der Waals surface area (Å²) in [5, 5.41) is 17.4. The lowest BCUT2D eigenvalue weighted by atomic mass is 9.99. The third kappa shape index (κ3) is 4.11. The summed E-state index contributed by atoms with van der Waals surface area (Å²) < 4.78 is 3.12. The maximum atomic E-state index is 11.9. The first kappa shape index (κ1) is 18.5. The van der Waals surface area contributed by atoms with E-state index in [2.05, 4.69) is 25.4 Å². The molecule has 3 rings (SSSR count). The Morgan fingerprint density at radius 2 is 2.19 bits per heavy atom. The van der Waals surface area contributed by atoms with Gasteiger partial charge in [0.15, 0.2) is 0 Å². The van der Waals surface area contributed by atoms with Crippen LogP contribution in [0.1, 0.15) is 25.3 Å². The summed E-state index contributed by atoms with van der Waals surface area (Å²) >= 11 is 0. The fraction of sp³-hybridized carbons (Fsp3) is 0.353. The van der Waals surface area contributed by atoms with Crippen molar-refractivity contribution in [1.29, 1.82) is 0 Å². The largest absolute Gasteiger partial charge is 0.493 e. The van der Waals surface area contributed by atoms with Gasteiger partial charge >= 0.3 is 0 Å². The molecule has 0 spiro atoms. The molecule has 0 fully saturated rings. The number of nitrogens with two attached hydrogens (primary N) is 1.